The Bertz CT molecular complexity index is 3040. The van der Waals surface area contributed by atoms with E-state index in [0.29, 0.717) is 5.82 Å². The van der Waals surface area contributed by atoms with E-state index in [9.17, 15) is 0 Å². The number of fused-ring (bicyclic) bond motifs is 7. The van der Waals surface area contributed by atoms with Gasteiger partial charge >= 0.3 is 0 Å². The van der Waals surface area contributed by atoms with Crippen LogP contribution in [0.5, 0.6) is 0 Å². The van der Waals surface area contributed by atoms with Crippen molar-refractivity contribution < 1.29 is 0 Å². The Morgan fingerprint density at radius 2 is 1.08 bits per heavy atom. The van der Waals surface area contributed by atoms with Gasteiger partial charge in [0.1, 0.15) is 5.82 Å². The molecule has 6 aromatic carbocycles. The summed E-state index contributed by atoms with van der Waals surface area (Å²) in [5, 5.41) is 8.52. The molecule has 0 amide bonds. The van der Waals surface area contributed by atoms with E-state index in [-0.39, 0.29) is 0 Å². The zero-order valence-corrected chi connectivity index (χ0v) is 25.7. The van der Waals surface area contributed by atoms with Crippen LogP contribution in [0.3, 0.4) is 0 Å². The van der Waals surface area contributed by atoms with Gasteiger partial charge in [-0.2, -0.15) is 0 Å². The molecule has 0 N–H and O–H groups in total. The number of rotatable bonds is 3. The number of nitrogens with zero attached hydrogens (tertiary/aromatic N) is 5. The van der Waals surface area contributed by atoms with Gasteiger partial charge in [0, 0.05) is 49.6 Å². The second-order valence-corrected chi connectivity index (χ2v) is 12.4. The third-order valence-electron chi connectivity index (χ3n) is 9.91. The second kappa shape index (κ2) is 9.47. The second-order valence-electron chi connectivity index (χ2n) is 12.4. The lowest BCUT2D eigenvalue weighted by molar-refractivity contribution is 1.08. The Morgan fingerprint density at radius 1 is 0.417 bits per heavy atom. The zero-order valence-electron chi connectivity index (χ0n) is 25.7. The van der Waals surface area contributed by atoms with E-state index in [2.05, 4.69) is 118 Å². The summed E-state index contributed by atoms with van der Waals surface area (Å²) in [7, 11) is 0. The van der Waals surface area contributed by atoms with Gasteiger partial charge in [-0.05, 0) is 47.9 Å². The molecule has 0 spiro atoms. The van der Waals surface area contributed by atoms with E-state index in [1.54, 1.807) is 0 Å². The fourth-order valence-corrected chi connectivity index (χ4v) is 7.89. The summed E-state index contributed by atoms with van der Waals surface area (Å²) in [6.07, 6.45) is 1.91. The van der Waals surface area contributed by atoms with Crippen LogP contribution >= 0.6 is 0 Å². The summed E-state index contributed by atoms with van der Waals surface area (Å²) in [6.45, 7) is 0. The highest BCUT2D eigenvalue weighted by atomic mass is 15.1. The van der Waals surface area contributed by atoms with Crippen molar-refractivity contribution in [2.45, 2.75) is 0 Å². The predicted octanol–water partition coefficient (Wildman–Crippen LogP) is 10.6. The number of pyridine rings is 1. The van der Waals surface area contributed by atoms with E-state index in [0.717, 1.165) is 44.6 Å². The summed E-state index contributed by atoms with van der Waals surface area (Å²) in [6, 6.07) is 51.4. The van der Waals surface area contributed by atoms with Crippen LogP contribution in [-0.4, -0.2) is 23.9 Å². The van der Waals surface area contributed by atoms with Crippen LogP contribution in [0.4, 0.5) is 0 Å². The van der Waals surface area contributed by atoms with E-state index in [4.69, 9.17) is 15.0 Å². The Kier molecular flexibility index (Phi) is 5.05. The highest BCUT2D eigenvalue weighted by Crippen LogP contribution is 2.45. The van der Waals surface area contributed by atoms with E-state index in [1.807, 2.05) is 42.6 Å². The number of para-hydroxylation sites is 3. The molecule has 11 aromatic rings. The minimum absolute atomic E-state index is 0.661. The number of hydrogen-bond donors (Lipinski definition) is 0. The van der Waals surface area contributed by atoms with Crippen LogP contribution in [0.25, 0.3) is 99.3 Å². The Labute approximate surface area is 274 Å². The maximum absolute atomic E-state index is 5.09. The lowest BCUT2D eigenvalue weighted by atomic mass is 10.0. The van der Waals surface area contributed by atoms with Crippen LogP contribution in [0.15, 0.2) is 152 Å². The smallest absolute Gasteiger partial charge is 0.161 e. The molecule has 0 saturated carbocycles. The molecule has 222 valence electrons. The number of hydrogen-bond acceptors (Lipinski definition) is 3. The lowest BCUT2D eigenvalue weighted by Crippen LogP contribution is -1.99. The molecule has 0 aliphatic rings. The first-order valence-electron chi connectivity index (χ1n) is 16.2. The first kappa shape index (κ1) is 25.6. The average molecular weight is 612 g/mol. The van der Waals surface area contributed by atoms with Gasteiger partial charge in [-0.25, -0.2) is 15.0 Å². The fourth-order valence-electron chi connectivity index (χ4n) is 7.89. The molecule has 5 heterocycles. The van der Waals surface area contributed by atoms with Gasteiger partial charge in [0.15, 0.2) is 5.82 Å². The van der Waals surface area contributed by atoms with Crippen molar-refractivity contribution in [1.29, 1.82) is 0 Å². The minimum atomic E-state index is 0.661. The van der Waals surface area contributed by atoms with E-state index in [1.165, 1.54) is 48.9 Å². The van der Waals surface area contributed by atoms with Crippen molar-refractivity contribution in [1.82, 2.24) is 23.9 Å². The molecule has 5 heteroatoms. The van der Waals surface area contributed by atoms with Crippen molar-refractivity contribution >= 4 is 70.8 Å². The number of aromatic nitrogens is 5. The summed E-state index contributed by atoms with van der Waals surface area (Å²) in [4.78, 5) is 15.1. The summed E-state index contributed by atoms with van der Waals surface area (Å²) >= 11 is 0. The van der Waals surface area contributed by atoms with Crippen molar-refractivity contribution in [3.63, 3.8) is 0 Å². The average Bonchev–Trinajstić information content (AvgIpc) is 3.63. The van der Waals surface area contributed by atoms with Crippen LogP contribution in [-0.2, 0) is 0 Å². The van der Waals surface area contributed by atoms with Crippen molar-refractivity contribution in [2.24, 2.45) is 0 Å². The SMILES string of the molecule is c1ccc(-c2nc(-c3ccc(-n4c5cccc6c7ccccc7n7c8ccccc8c8ccc4c(c65)c87)nc3)nc3ccccc23)cc1. The van der Waals surface area contributed by atoms with Gasteiger partial charge in [-0.1, -0.05) is 103 Å². The van der Waals surface area contributed by atoms with Gasteiger partial charge in [-0.15, -0.1) is 0 Å². The zero-order chi connectivity index (χ0) is 31.3. The molecule has 0 aliphatic heterocycles. The molecule has 0 fully saturated rings. The highest BCUT2D eigenvalue weighted by Gasteiger charge is 2.23. The molecule has 0 unspecified atom stereocenters. The molecule has 0 radical (unpaired) electrons. The first-order chi connectivity index (χ1) is 23.8. The van der Waals surface area contributed by atoms with Gasteiger partial charge in [0.05, 0.1) is 38.8 Å². The quantitative estimate of drug-likeness (QED) is 0.200. The molecular weight excluding hydrogens is 587 g/mol. The Balaban J connectivity index is 1.18. The monoisotopic (exact) mass is 611 g/mol. The summed E-state index contributed by atoms with van der Waals surface area (Å²) < 4.78 is 4.77. The molecule has 5 aromatic heterocycles. The maximum Gasteiger partial charge on any atom is 0.161 e. The number of benzene rings is 6. The molecule has 48 heavy (non-hydrogen) atoms. The van der Waals surface area contributed by atoms with Crippen molar-refractivity contribution in [3.8, 4) is 28.5 Å². The largest absolute Gasteiger partial charge is 0.308 e. The highest BCUT2D eigenvalue weighted by molar-refractivity contribution is 6.33. The van der Waals surface area contributed by atoms with Crippen LogP contribution in [0.1, 0.15) is 0 Å². The minimum Gasteiger partial charge on any atom is -0.308 e. The predicted molar refractivity (Wildman–Crippen MR) is 197 cm³/mol. The third kappa shape index (κ3) is 3.37. The summed E-state index contributed by atoms with van der Waals surface area (Å²) in [5.41, 5.74) is 9.71. The van der Waals surface area contributed by atoms with Crippen LogP contribution in [0.2, 0.25) is 0 Å². The van der Waals surface area contributed by atoms with Gasteiger partial charge in [0.2, 0.25) is 0 Å². The molecule has 5 nitrogen and oxygen atoms in total. The van der Waals surface area contributed by atoms with Crippen molar-refractivity contribution in [2.75, 3.05) is 0 Å². The standard InChI is InChI=1S/C43H25N5/c1-2-11-26(12-3-1)41-32-15-4-7-17-33(32)45-43(46-41)27-21-24-38(44-25-27)47-36-20-10-16-30-28-13-5-8-18-34(28)48-35-19-9-6-14-29(35)31-22-23-37(47)40(39(30)36)42(31)48/h1-25H. The fraction of sp³-hybridized carbons (Fsp3) is 0. The van der Waals surface area contributed by atoms with Crippen LogP contribution < -0.4 is 0 Å². The molecule has 11 rings (SSSR count). The molecule has 0 atom stereocenters. The van der Waals surface area contributed by atoms with Crippen LogP contribution in [0, 0.1) is 0 Å². The van der Waals surface area contributed by atoms with Gasteiger partial charge < -0.3 is 4.40 Å². The lowest BCUT2D eigenvalue weighted by Gasteiger charge is -2.11. The Morgan fingerprint density at radius 3 is 1.88 bits per heavy atom. The van der Waals surface area contributed by atoms with E-state index >= 15 is 0 Å². The third-order valence-corrected chi connectivity index (χ3v) is 9.91. The molecule has 0 bridgehead atoms. The van der Waals surface area contributed by atoms with Gasteiger partial charge in [0.25, 0.3) is 0 Å². The molecular formula is C43H25N5. The first-order valence-corrected chi connectivity index (χ1v) is 16.2. The molecule has 0 saturated heterocycles. The van der Waals surface area contributed by atoms with Gasteiger partial charge in [-0.3, -0.25) is 4.57 Å². The Hall–Kier alpha value is -6.59. The summed E-state index contributed by atoms with van der Waals surface area (Å²) in [5.74, 6) is 1.52. The maximum atomic E-state index is 5.09. The van der Waals surface area contributed by atoms with E-state index < -0.39 is 0 Å². The topological polar surface area (TPSA) is 48.0 Å². The normalized spacial score (nSPS) is 12.2. The molecule has 0 aliphatic carbocycles. The van der Waals surface area contributed by atoms with Crippen molar-refractivity contribution in [3.05, 3.63) is 152 Å².